The van der Waals surface area contributed by atoms with Gasteiger partial charge in [-0.2, -0.15) is 0 Å². The maximum Gasteiger partial charge on any atom is 0.164 e. The molecule has 0 radical (unpaired) electrons. The quantitative estimate of drug-likeness (QED) is 0.176. The average molecular weight is 667 g/mol. The van der Waals surface area contributed by atoms with Crippen molar-refractivity contribution in [1.29, 1.82) is 0 Å². The molecule has 52 heavy (non-hydrogen) atoms. The molecule has 3 heteroatoms. The number of rotatable bonds is 3. The predicted molar refractivity (Wildman–Crippen MR) is 212 cm³/mol. The lowest BCUT2D eigenvalue weighted by molar-refractivity contribution is 0.375. The number of aromatic nitrogens is 2. The van der Waals surface area contributed by atoms with Crippen LogP contribution in [0.25, 0.3) is 49.8 Å². The van der Waals surface area contributed by atoms with Crippen LogP contribution in [0.4, 0.5) is 0 Å². The largest absolute Gasteiger partial charge is 0.456 e. The lowest BCUT2D eigenvalue weighted by Gasteiger charge is -2.43. The summed E-state index contributed by atoms with van der Waals surface area (Å²) in [4.78, 5) is 10.7. The number of hydrogen-bond acceptors (Lipinski definition) is 3. The second-order valence-electron chi connectivity index (χ2n) is 14.3. The minimum absolute atomic E-state index is 0.197. The van der Waals surface area contributed by atoms with Gasteiger partial charge in [0, 0.05) is 28.5 Å². The third-order valence-electron chi connectivity index (χ3n) is 11.6. The molecule has 0 N–H and O–H groups in total. The highest BCUT2D eigenvalue weighted by Gasteiger charge is 2.56. The van der Waals surface area contributed by atoms with Crippen LogP contribution in [0.5, 0.6) is 11.5 Å². The van der Waals surface area contributed by atoms with E-state index in [4.69, 9.17) is 14.7 Å². The molecule has 4 aliphatic rings. The van der Waals surface area contributed by atoms with Crippen molar-refractivity contribution in [2.75, 3.05) is 0 Å². The van der Waals surface area contributed by atoms with Crippen molar-refractivity contribution < 1.29 is 4.74 Å². The van der Waals surface area contributed by atoms with Crippen LogP contribution in [-0.2, 0) is 5.41 Å². The van der Waals surface area contributed by atoms with Gasteiger partial charge in [0.2, 0.25) is 0 Å². The lowest BCUT2D eigenvalue weighted by atomic mass is 9.61. The fourth-order valence-electron chi connectivity index (χ4n) is 9.40. The molecule has 1 aliphatic heterocycles. The van der Waals surface area contributed by atoms with Crippen molar-refractivity contribution in [2.45, 2.75) is 24.2 Å². The Kier molecular flexibility index (Phi) is 6.42. The van der Waals surface area contributed by atoms with E-state index in [1.165, 1.54) is 38.2 Å². The minimum atomic E-state index is -0.432. The number of fused-ring (bicyclic) bond motifs is 12. The van der Waals surface area contributed by atoms with Crippen LogP contribution in [0, 0.1) is 5.92 Å². The van der Waals surface area contributed by atoms with Crippen LogP contribution >= 0.6 is 0 Å². The van der Waals surface area contributed by atoms with Crippen molar-refractivity contribution in [3.63, 3.8) is 0 Å². The van der Waals surface area contributed by atoms with Crippen molar-refractivity contribution in [1.82, 2.24) is 9.97 Å². The molecule has 0 bridgehead atoms. The van der Waals surface area contributed by atoms with Crippen molar-refractivity contribution in [3.8, 4) is 34.1 Å². The van der Waals surface area contributed by atoms with Gasteiger partial charge >= 0.3 is 0 Å². The molecule has 1 aromatic heterocycles. The van der Waals surface area contributed by atoms with Gasteiger partial charge in [-0.3, -0.25) is 0 Å². The Bertz CT molecular complexity index is 2750. The Morgan fingerprint density at radius 1 is 0.615 bits per heavy atom. The van der Waals surface area contributed by atoms with E-state index in [-0.39, 0.29) is 11.8 Å². The van der Waals surface area contributed by atoms with Crippen molar-refractivity contribution in [2.24, 2.45) is 5.92 Å². The van der Waals surface area contributed by atoms with Crippen molar-refractivity contribution >= 4 is 27.1 Å². The Morgan fingerprint density at radius 3 is 2.35 bits per heavy atom. The average Bonchev–Trinajstić information content (AvgIpc) is 3.51. The Morgan fingerprint density at radius 2 is 1.40 bits per heavy atom. The molecule has 0 fully saturated rings. The fourth-order valence-corrected chi connectivity index (χ4v) is 9.40. The summed E-state index contributed by atoms with van der Waals surface area (Å²) in [6.07, 6.45) is 18.0. The molecule has 2 heterocycles. The molecule has 246 valence electrons. The monoisotopic (exact) mass is 666 g/mol. The van der Waals surface area contributed by atoms with Crippen LogP contribution in [0.1, 0.15) is 46.7 Å². The topological polar surface area (TPSA) is 35.0 Å². The van der Waals surface area contributed by atoms with E-state index in [1.54, 1.807) is 0 Å². The maximum atomic E-state index is 7.02. The number of allylic oxidation sites excluding steroid dienone is 8. The molecule has 0 amide bonds. The minimum Gasteiger partial charge on any atom is -0.456 e. The van der Waals surface area contributed by atoms with E-state index < -0.39 is 5.41 Å². The molecular weight excluding hydrogens is 633 g/mol. The highest BCUT2D eigenvalue weighted by atomic mass is 16.5. The summed E-state index contributed by atoms with van der Waals surface area (Å²) < 4.78 is 7.02. The van der Waals surface area contributed by atoms with E-state index >= 15 is 0 Å². The number of ether oxygens (including phenoxy) is 1. The first-order valence-corrected chi connectivity index (χ1v) is 18.3. The van der Waals surface area contributed by atoms with E-state index in [1.807, 2.05) is 0 Å². The summed E-state index contributed by atoms with van der Waals surface area (Å²) in [5, 5.41) is 4.94. The molecule has 11 rings (SSSR count). The van der Waals surface area contributed by atoms with Crippen molar-refractivity contribution in [3.05, 3.63) is 198 Å². The zero-order valence-corrected chi connectivity index (χ0v) is 28.5. The highest BCUT2D eigenvalue weighted by molar-refractivity contribution is 6.08. The summed E-state index contributed by atoms with van der Waals surface area (Å²) in [6.45, 7) is 0. The SMILES string of the molecule is C1=CC2c3ccccc3C3(c4ccccc4Oc4c(-c5nc(C6=CCCC=C6)cc(-c6ccc7c(ccc8ccccc87)c6)n5)cccc43)C2C=C1. The summed E-state index contributed by atoms with van der Waals surface area (Å²) in [6, 6.07) is 46.0. The third kappa shape index (κ3) is 4.20. The first-order valence-electron chi connectivity index (χ1n) is 18.3. The zero-order chi connectivity index (χ0) is 34.2. The third-order valence-corrected chi connectivity index (χ3v) is 11.6. The number of para-hydroxylation sites is 2. The van der Waals surface area contributed by atoms with Gasteiger partial charge in [0.25, 0.3) is 0 Å². The lowest BCUT2D eigenvalue weighted by Crippen LogP contribution is -2.37. The molecule has 0 saturated heterocycles. The summed E-state index contributed by atoms with van der Waals surface area (Å²) in [5.41, 5.74) is 9.55. The van der Waals surface area contributed by atoms with Crippen LogP contribution in [0.2, 0.25) is 0 Å². The molecule has 3 atom stereocenters. The van der Waals surface area contributed by atoms with Gasteiger partial charge < -0.3 is 4.74 Å². The second-order valence-corrected chi connectivity index (χ2v) is 14.3. The molecule has 0 saturated carbocycles. The van der Waals surface area contributed by atoms with Crippen LogP contribution < -0.4 is 4.74 Å². The molecule has 1 spiro atoms. The summed E-state index contributed by atoms with van der Waals surface area (Å²) >= 11 is 0. The van der Waals surface area contributed by atoms with Crippen LogP contribution in [0.3, 0.4) is 0 Å². The van der Waals surface area contributed by atoms with Gasteiger partial charge in [0.05, 0.1) is 22.4 Å². The van der Waals surface area contributed by atoms with E-state index in [0.29, 0.717) is 5.82 Å². The smallest absolute Gasteiger partial charge is 0.164 e. The zero-order valence-electron chi connectivity index (χ0n) is 28.5. The van der Waals surface area contributed by atoms with E-state index in [9.17, 15) is 0 Å². The Hall–Kier alpha value is -6.32. The van der Waals surface area contributed by atoms with Gasteiger partial charge in [-0.25, -0.2) is 9.97 Å². The second kappa shape index (κ2) is 11.3. The van der Waals surface area contributed by atoms with Crippen LogP contribution in [0.15, 0.2) is 170 Å². The van der Waals surface area contributed by atoms with Gasteiger partial charge in [-0.1, -0.05) is 146 Å². The summed E-state index contributed by atoms with van der Waals surface area (Å²) in [7, 11) is 0. The molecular formula is C49H34N2O. The Balaban J connectivity index is 1.15. The van der Waals surface area contributed by atoms with Gasteiger partial charge in [0.15, 0.2) is 5.82 Å². The Labute approximate surface area is 303 Å². The standard InChI is InChI=1S/C49H34N2O/c1-2-14-32(15-3-1)44-30-45(34-27-28-36-33(29-34)26-25-31-13-4-5-16-35(31)36)51-48(50-44)39-19-12-23-43-47(39)52-46-24-11-10-22-42(46)49(43)40-20-8-6-17-37(40)38-18-7-9-21-41(38)49/h2,4-30,37,40H,1,3H2. The van der Waals surface area contributed by atoms with Gasteiger partial charge in [0.1, 0.15) is 11.5 Å². The maximum absolute atomic E-state index is 7.02. The van der Waals surface area contributed by atoms with Gasteiger partial charge in [-0.05, 0) is 75.4 Å². The number of hydrogen-bond donors (Lipinski definition) is 0. The highest BCUT2D eigenvalue weighted by Crippen LogP contribution is 2.65. The molecule has 7 aromatic rings. The molecule has 6 aromatic carbocycles. The molecule has 3 unspecified atom stereocenters. The number of nitrogens with zero attached hydrogens (tertiary/aromatic N) is 2. The van der Waals surface area contributed by atoms with Gasteiger partial charge in [-0.15, -0.1) is 0 Å². The first kappa shape index (κ1) is 29.4. The fraction of sp³-hybridized carbons (Fsp3) is 0.102. The molecule has 3 aliphatic carbocycles. The van der Waals surface area contributed by atoms with Crippen LogP contribution in [-0.4, -0.2) is 9.97 Å². The summed E-state index contributed by atoms with van der Waals surface area (Å²) in [5.74, 6) is 2.85. The molecule has 3 nitrogen and oxygen atoms in total. The van der Waals surface area contributed by atoms with E-state index in [2.05, 4.69) is 170 Å². The van der Waals surface area contributed by atoms with E-state index in [0.717, 1.165) is 58.0 Å². The first-order chi connectivity index (χ1) is 25.8. The predicted octanol–water partition coefficient (Wildman–Crippen LogP) is 12.1. The number of benzene rings is 6. The normalized spacial score (nSPS) is 20.7.